The van der Waals surface area contributed by atoms with Gasteiger partial charge in [-0.05, 0) is 38.5 Å². The zero-order valence-corrected chi connectivity index (χ0v) is 11.2. The number of nitrogens with one attached hydrogen (secondary N) is 1. The molecule has 19 heavy (non-hydrogen) atoms. The van der Waals surface area contributed by atoms with Crippen LogP contribution in [0.25, 0.3) is 0 Å². The summed E-state index contributed by atoms with van der Waals surface area (Å²) in [6, 6.07) is 2.20. The molecule has 0 spiro atoms. The van der Waals surface area contributed by atoms with E-state index in [1.165, 1.54) is 19.3 Å². The third-order valence-corrected chi connectivity index (χ3v) is 3.74. The van der Waals surface area contributed by atoms with Gasteiger partial charge in [-0.3, -0.25) is 4.79 Å². The first kappa shape index (κ1) is 12.7. The van der Waals surface area contributed by atoms with Crippen molar-refractivity contribution in [3.63, 3.8) is 0 Å². The van der Waals surface area contributed by atoms with E-state index in [1.807, 2.05) is 0 Å². The standard InChI is InChI=1S/C14H21N3O2/c18-14-9-12(16-11-5-6-11)10-15-17(14)7-1-3-13-4-2-8-19-13/h9-11,13,16H,1-8H2. The molecule has 1 aromatic rings. The fourth-order valence-corrected chi connectivity index (χ4v) is 2.48. The summed E-state index contributed by atoms with van der Waals surface area (Å²) in [5, 5.41) is 7.51. The van der Waals surface area contributed by atoms with Crippen molar-refractivity contribution in [2.75, 3.05) is 11.9 Å². The molecule has 104 valence electrons. The highest BCUT2D eigenvalue weighted by Gasteiger charge is 2.21. The quantitative estimate of drug-likeness (QED) is 0.850. The van der Waals surface area contributed by atoms with Crippen LogP contribution in [-0.4, -0.2) is 28.5 Å². The lowest BCUT2D eigenvalue weighted by Crippen LogP contribution is -2.23. The van der Waals surface area contributed by atoms with Crippen LogP contribution in [0.15, 0.2) is 17.1 Å². The summed E-state index contributed by atoms with van der Waals surface area (Å²) in [5.41, 5.74) is 0.834. The molecule has 1 atom stereocenters. The Morgan fingerprint density at radius 3 is 3.00 bits per heavy atom. The van der Waals surface area contributed by atoms with Crippen molar-refractivity contribution < 1.29 is 4.74 Å². The van der Waals surface area contributed by atoms with E-state index in [0.29, 0.717) is 18.7 Å². The van der Waals surface area contributed by atoms with Gasteiger partial charge >= 0.3 is 0 Å². The molecule has 1 unspecified atom stereocenters. The maximum atomic E-state index is 11.9. The van der Waals surface area contributed by atoms with Crippen molar-refractivity contribution in [2.45, 2.75) is 57.2 Å². The highest BCUT2D eigenvalue weighted by atomic mass is 16.5. The Bertz CT molecular complexity index is 476. The monoisotopic (exact) mass is 263 g/mol. The number of nitrogens with zero attached hydrogens (tertiary/aromatic N) is 2. The Morgan fingerprint density at radius 2 is 2.32 bits per heavy atom. The minimum Gasteiger partial charge on any atom is -0.381 e. The first-order valence-corrected chi connectivity index (χ1v) is 7.26. The van der Waals surface area contributed by atoms with E-state index in [0.717, 1.165) is 31.6 Å². The lowest BCUT2D eigenvalue weighted by atomic mass is 10.1. The van der Waals surface area contributed by atoms with Crippen LogP contribution in [0.4, 0.5) is 5.69 Å². The minimum absolute atomic E-state index is 0.0157. The fraction of sp³-hybridized carbons (Fsp3) is 0.714. The Labute approximate surface area is 113 Å². The topological polar surface area (TPSA) is 56.2 Å². The Hall–Kier alpha value is -1.36. The third-order valence-electron chi connectivity index (χ3n) is 3.74. The van der Waals surface area contributed by atoms with Crippen molar-refractivity contribution in [1.29, 1.82) is 0 Å². The molecule has 1 aliphatic carbocycles. The van der Waals surface area contributed by atoms with Gasteiger partial charge < -0.3 is 10.1 Å². The summed E-state index contributed by atoms with van der Waals surface area (Å²) >= 11 is 0. The smallest absolute Gasteiger partial charge is 0.268 e. The van der Waals surface area contributed by atoms with Crippen molar-refractivity contribution >= 4 is 5.69 Å². The van der Waals surface area contributed by atoms with E-state index in [-0.39, 0.29) is 5.56 Å². The molecule has 0 aromatic carbocycles. The maximum absolute atomic E-state index is 11.9. The summed E-state index contributed by atoms with van der Waals surface area (Å²) in [6.07, 6.45) is 8.85. The molecule has 1 aliphatic heterocycles. The molecule has 5 nitrogen and oxygen atoms in total. The summed E-state index contributed by atoms with van der Waals surface area (Å²) in [4.78, 5) is 11.9. The van der Waals surface area contributed by atoms with E-state index in [1.54, 1.807) is 16.9 Å². The lowest BCUT2D eigenvalue weighted by molar-refractivity contribution is 0.101. The predicted molar refractivity (Wildman–Crippen MR) is 73.3 cm³/mol. The van der Waals surface area contributed by atoms with Gasteiger partial charge in [-0.1, -0.05) is 0 Å². The Morgan fingerprint density at radius 1 is 1.42 bits per heavy atom. The average Bonchev–Trinajstić information content (AvgIpc) is 3.05. The zero-order valence-electron chi connectivity index (χ0n) is 11.2. The van der Waals surface area contributed by atoms with E-state index in [4.69, 9.17) is 4.74 Å². The van der Waals surface area contributed by atoms with Crippen molar-refractivity contribution in [2.24, 2.45) is 0 Å². The zero-order chi connectivity index (χ0) is 13.1. The molecule has 0 amide bonds. The molecule has 1 N–H and O–H groups in total. The maximum Gasteiger partial charge on any atom is 0.268 e. The SMILES string of the molecule is O=c1cc(NC2CC2)cnn1CCCC1CCCO1. The van der Waals surface area contributed by atoms with Crippen molar-refractivity contribution in [1.82, 2.24) is 9.78 Å². The fourth-order valence-electron chi connectivity index (χ4n) is 2.48. The molecule has 2 fully saturated rings. The average molecular weight is 263 g/mol. The first-order valence-electron chi connectivity index (χ1n) is 7.26. The largest absolute Gasteiger partial charge is 0.381 e. The van der Waals surface area contributed by atoms with Gasteiger partial charge in [0.2, 0.25) is 0 Å². The van der Waals surface area contributed by atoms with Gasteiger partial charge in [-0.25, -0.2) is 4.68 Å². The number of rotatable bonds is 6. The summed E-state index contributed by atoms with van der Waals surface area (Å²) in [7, 11) is 0. The molecule has 0 bridgehead atoms. The number of hydrogen-bond donors (Lipinski definition) is 1. The number of ether oxygens (including phenoxy) is 1. The van der Waals surface area contributed by atoms with Crippen LogP contribution in [0.1, 0.15) is 38.5 Å². The molecule has 5 heteroatoms. The predicted octanol–water partition coefficient (Wildman–Crippen LogP) is 1.78. The molecular weight excluding hydrogens is 242 g/mol. The van der Waals surface area contributed by atoms with Gasteiger partial charge in [0, 0.05) is 25.3 Å². The van der Waals surface area contributed by atoms with Crippen LogP contribution in [0.3, 0.4) is 0 Å². The van der Waals surface area contributed by atoms with Gasteiger partial charge in [0.1, 0.15) is 0 Å². The van der Waals surface area contributed by atoms with E-state index >= 15 is 0 Å². The summed E-state index contributed by atoms with van der Waals surface area (Å²) in [6.45, 7) is 1.58. The highest BCUT2D eigenvalue weighted by molar-refractivity contribution is 5.41. The van der Waals surface area contributed by atoms with E-state index in [2.05, 4.69) is 10.4 Å². The van der Waals surface area contributed by atoms with Gasteiger partial charge in [0.05, 0.1) is 18.0 Å². The lowest BCUT2D eigenvalue weighted by Gasteiger charge is -2.10. The van der Waals surface area contributed by atoms with Gasteiger partial charge in [0.25, 0.3) is 5.56 Å². The van der Waals surface area contributed by atoms with Crippen LogP contribution in [0, 0.1) is 0 Å². The van der Waals surface area contributed by atoms with Crippen LogP contribution in [-0.2, 0) is 11.3 Å². The molecular formula is C14H21N3O2. The second-order valence-electron chi connectivity index (χ2n) is 5.50. The second-order valence-corrected chi connectivity index (χ2v) is 5.50. The van der Waals surface area contributed by atoms with Gasteiger partial charge in [-0.15, -0.1) is 0 Å². The number of aryl methyl sites for hydroxylation is 1. The van der Waals surface area contributed by atoms with E-state index < -0.39 is 0 Å². The van der Waals surface area contributed by atoms with E-state index in [9.17, 15) is 4.79 Å². The Kier molecular flexibility index (Phi) is 3.82. The molecule has 1 saturated carbocycles. The van der Waals surface area contributed by atoms with Crippen molar-refractivity contribution in [3.8, 4) is 0 Å². The first-order chi connectivity index (χ1) is 9.31. The summed E-state index contributed by atoms with van der Waals surface area (Å²) < 4.78 is 7.12. The summed E-state index contributed by atoms with van der Waals surface area (Å²) in [5.74, 6) is 0. The van der Waals surface area contributed by atoms with Crippen LogP contribution in [0.5, 0.6) is 0 Å². The molecule has 2 heterocycles. The van der Waals surface area contributed by atoms with Crippen molar-refractivity contribution in [3.05, 3.63) is 22.6 Å². The third kappa shape index (κ3) is 3.56. The number of aromatic nitrogens is 2. The van der Waals surface area contributed by atoms with Crippen LogP contribution in [0.2, 0.25) is 0 Å². The molecule has 2 aliphatic rings. The molecule has 3 rings (SSSR count). The second kappa shape index (κ2) is 5.74. The molecule has 0 radical (unpaired) electrons. The Balaban J connectivity index is 1.50. The number of hydrogen-bond acceptors (Lipinski definition) is 4. The van der Waals surface area contributed by atoms with Gasteiger partial charge in [-0.2, -0.15) is 5.10 Å². The van der Waals surface area contributed by atoms with Crippen LogP contribution >= 0.6 is 0 Å². The molecule has 1 saturated heterocycles. The van der Waals surface area contributed by atoms with Gasteiger partial charge in [0.15, 0.2) is 0 Å². The highest BCUT2D eigenvalue weighted by Crippen LogP contribution is 2.23. The normalized spacial score (nSPS) is 22.6. The molecule has 1 aromatic heterocycles. The van der Waals surface area contributed by atoms with Crippen LogP contribution < -0.4 is 10.9 Å². The number of anilines is 1. The minimum atomic E-state index is -0.0157.